The number of nitriles is 1. The third-order valence-electron chi connectivity index (χ3n) is 2.99. The van der Waals surface area contributed by atoms with Crippen LogP contribution >= 0.6 is 0 Å². The molecule has 2 heterocycles. The van der Waals surface area contributed by atoms with Gasteiger partial charge in [-0.1, -0.05) is 12.1 Å². The maximum atomic E-state index is 9.12. The Labute approximate surface area is 126 Å². The first-order valence-electron chi connectivity index (χ1n) is 6.46. The molecule has 0 aliphatic rings. The topological polar surface area (TPSA) is 108 Å². The molecule has 0 aliphatic heterocycles. The summed E-state index contributed by atoms with van der Waals surface area (Å²) in [6.45, 7) is 0. The predicted octanol–water partition coefficient (Wildman–Crippen LogP) is 1.58. The minimum Gasteiger partial charge on any atom is -0.360 e. The smallest absolute Gasteiger partial charge is 0.216 e. The van der Waals surface area contributed by atoms with Gasteiger partial charge in [0.15, 0.2) is 0 Å². The van der Waals surface area contributed by atoms with E-state index in [2.05, 4.69) is 31.0 Å². The molecule has 8 heteroatoms. The second kappa shape index (κ2) is 5.88. The van der Waals surface area contributed by atoms with Crippen molar-refractivity contribution < 1.29 is 0 Å². The second-order valence-electron chi connectivity index (χ2n) is 4.53. The Morgan fingerprint density at radius 2 is 2.32 bits per heavy atom. The number of tetrazole rings is 1. The van der Waals surface area contributed by atoms with Crippen LogP contribution in [0.2, 0.25) is 0 Å². The summed E-state index contributed by atoms with van der Waals surface area (Å²) in [5.74, 6) is 0.249. The Balaban J connectivity index is 1.83. The molecule has 0 spiro atoms. The lowest BCUT2D eigenvalue weighted by molar-refractivity contribution is 0.768. The number of aromatic amines is 1. The molecule has 0 bridgehead atoms. The summed E-state index contributed by atoms with van der Waals surface area (Å²) in [4.78, 5) is 0. The van der Waals surface area contributed by atoms with Crippen LogP contribution in [0.5, 0.6) is 0 Å². The van der Waals surface area contributed by atoms with Gasteiger partial charge in [-0.05, 0) is 22.9 Å². The second-order valence-corrected chi connectivity index (χ2v) is 4.53. The molecule has 3 rings (SSSR count). The van der Waals surface area contributed by atoms with E-state index in [-0.39, 0.29) is 5.82 Å². The summed E-state index contributed by atoms with van der Waals surface area (Å²) < 4.78 is 1.75. The van der Waals surface area contributed by atoms with Gasteiger partial charge in [0.25, 0.3) is 0 Å². The first-order valence-corrected chi connectivity index (χ1v) is 6.46. The van der Waals surface area contributed by atoms with E-state index in [9.17, 15) is 0 Å². The largest absolute Gasteiger partial charge is 0.360 e. The van der Waals surface area contributed by atoms with Crippen LogP contribution in [0.3, 0.4) is 0 Å². The van der Waals surface area contributed by atoms with E-state index in [1.807, 2.05) is 43.6 Å². The van der Waals surface area contributed by atoms with Crippen molar-refractivity contribution in [1.29, 1.82) is 5.26 Å². The Morgan fingerprint density at radius 1 is 1.41 bits per heavy atom. The Kier molecular flexibility index (Phi) is 3.61. The molecule has 0 unspecified atom stereocenters. The molecule has 2 aromatic heterocycles. The zero-order valence-corrected chi connectivity index (χ0v) is 11.7. The predicted molar refractivity (Wildman–Crippen MR) is 80.0 cm³/mol. The third kappa shape index (κ3) is 2.83. The van der Waals surface area contributed by atoms with Crippen LogP contribution in [0.4, 0.5) is 5.69 Å². The Hall–Kier alpha value is -3.47. The lowest BCUT2D eigenvalue weighted by Gasteiger charge is -2.04. The third-order valence-corrected chi connectivity index (χ3v) is 2.99. The van der Waals surface area contributed by atoms with Crippen LogP contribution in [-0.2, 0) is 7.05 Å². The van der Waals surface area contributed by atoms with E-state index >= 15 is 0 Å². The number of H-pyrrole nitrogens is 1. The van der Waals surface area contributed by atoms with Crippen LogP contribution < -0.4 is 5.32 Å². The van der Waals surface area contributed by atoms with Crippen molar-refractivity contribution in [2.24, 2.45) is 7.05 Å². The van der Waals surface area contributed by atoms with Crippen molar-refractivity contribution in [3.63, 3.8) is 0 Å². The van der Waals surface area contributed by atoms with E-state index in [4.69, 9.17) is 5.26 Å². The summed E-state index contributed by atoms with van der Waals surface area (Å²) in [5.41, 5.74) is 3.19. The van der Waals surface area contributed by atoms with Crippen molar-refractivity contribution in [3.05, 3.63) is 48.7 Å². The number of hydrogen-bond acceptors (Lipinski definition) is 6. The summed E-state index contributed by atoms with van der Waals surface area (Å²) in [6, 6.07) is 9.83. The van der Waals surface area contributed by atoms with Gasteiger partial charge in [-0.3, -0.25) is 4.68 Å². The van der Waals surface area contributed by atoms with E-state index in [0.717, 1.165) is 16.8 Å². The van der Waals surface area contributed by atoms with Crippen LogP contribution in [0.15, 0.2) is 42.9 Å². The zero-order chi connectivity index (χ0) is 15.4. The molecule has 0 atom stereocenters. The fourth-order valence-electron chi connectivity index (χ4n) is 1.94. The molecule has 0 radical (unpaired) electrons. The SMILES string of the molecule is Cn1cc(-c2cccc(NC=C(C#N)c3nn[nH]n3)c2)cn1. The van der Waals surface area contributed by atoms with Gasteiger partial charge in [0.1, 0.15) is 11.6 Å². The standard InChI is InChI=1S/C14H12N8/c1-22-9-12(8-17-22)10-3-2-4-13(5-10)16-7-11(6-15)14-18-20-21-19-14/h2-5,7-9,16H,1H3,(H,18,19,20,21). The molecule has 0 fully saturated rings. The van der Waals surface area contributed by atoms with E-state index in [1.54, 1.807) is 17.1 Å². The number of nitrogens with one attached hydrogen (secondary N) is 2. The number of aromatic nitrogens is 6. The van der Waals surface area contributed by atoms with Gasteiger partial charge in [0.05, 0.1) is 6.20 Å². The first-order chi connectivity index (χ1) is 10.8. The van der Waals surface area contributed by atoms with E-state index in [0.29, 0.717) is 5.57 Å². The van der Waals surface area contributed by atoms with Crippen molar-refractivity contribution in [2.75, 3.05) is 5.32 Å². The summed E-state index contributed by atoms with van der Waals surface area (Å²) in [7, 11) is 1.87. The van der Waals surface area contributed by atoms with Crippen molar-refractivity contribution in [3.8, 4) is 17.2 Å². The summed E-state index contributed by atoms with van der Waals surface area (Å²) >= 11 is 0. The fourth-order valence-corrected chi connectivity index (χ4v) is 1.94. The van der Waals surface area contributed by atoms with Gasteiger partial charge in [-0.25, -0.2) is 0 Å². The van der Waals surface area contributed by atoms with Crippen molar-refractivity contribution in [2.45, 2.75) is 0 Å². The van der Waals surface area contributed by atoms with Crippen LogP contribution in [-0.4, -0.2) is 30.4 Å². The Bertz CT molecular complexity index is 838. The number of nitrogens with zero attached hydrogens (tertiary/aromatic N) is 6. The molecular weight excluding hydrogens is 280 g/mol. The normalized spacial score (nSPS) is 11.2. The van der Waals surface area contributed by atoms with Gasteiger partial charge in [0, 0.05) is 30.7 Å². The van der Waals surface area contributed by atoms with Crippen LogP contribution in [0.25, 0.3) is 16.7 Å². The van der Waals surface area contributed by atoms with E-state index < -0.39 is 0 Å². The maximum Gasteiger partial charge on any atom is 0.216 e. The molecule has 0 saturated heterocycles. The molecule has 2 N–H and O–H groups in total. The highest BCUT2D eigenvalue weighted by Gasteiger charge is 2.06. The highest BCUT2D eigenvalue weighted by Crippen LogP contribution is 2.22. The zero-order valence-electron chi connectivity index (χ0n) is 11.7. The minimum absolute atomic E-state index is 0.249. The van der Waals surface area contributed by atoms with Crippen LogP contribution in [0.1, 0.15) is 5.82 Å². The minimum atomic E-state index is 0.249. The molecule has 8 nitrogen and oxygen atoms in total. The average Bonchev–Trinajstić information content (AvgIpc) is 3.20. The van der Waals surface area contributed by atoms with Gasteiger partial charge in [0.2, 0.25) is 5.82 Å². The number of allylic oxidation sites excluding steroid dienone is 1. The van der Waals surface area contributed by atoms with Gasteiger partial charge < -0.3 is 5.32 Å². The number of hydrogen-bond donors (Lipinski definition) is 2. The van der Waals surface area contributed by atoms with Gasteiger partial charge in [-0.2, -0.15) is 15.6 Å². The molecule has 0 aliphatic carbocycles. The molecular formula is C14H12N8. The lowest BCUT2D eigenvalue weighted by Crippen LogP contribution is -1.93. The van der Waals surface area contributed by atoms with Crippen molar-refractivity contribution >= 4 is 11.3 Å². The summed E-state index contributed by atoms with van der Waals surface area (Å²) in [6.07, 6.45) is 5.29. The number of anilines is 1. The highest BCUT2D eigenvalue weighted by molar-refractivity contribution is 5.75. The number of benzene rings is 1. The quantitative estimate of drug-likeness (QED) is 0.707. The Morgan fingerprint density at radius 3 is 3.00 bits per heavy atom. The fraction of sp³-hybridized carbons (Fsp3) is 0.0714. The highest BCUT2D eigenvalue weighted by atomic mass is 15.5. The first kappa shape index (κ1) is 13.5. The lowest BCUT2D eigenvalue weighted by atomic mass is 10.1. The monoisotopic (exact) mass is 292 g/mol. The molecule has 22 heavy (non-hydrogen) atoms. The van der Waals surface area contributed by atoms with Gasteiger partial charge in [-0.15, -0.1) is 10.2 Å². The molecule has 1 aromatic carbocycles. The molecule has 108 valence electrons. The maximum absolute atomic E-state index is 9.12. The molecule has 0 saturated carbocycles. The molecule has 0 amide bonds. The van der Waals surface area contributed by atoms with Crippen molar-refractivity contribution in [1.82, 2.24) is 30.4 Å². The number of rotatable bonds is 4. The van der Waals surface area contributed by atoms with E-state index in [1.165, 1.54) is 0 Å². The average molecular weight is 292 g/mol. The van der Waals surface area contributed by atoms with Gasteiger partial charge >= 0.3 is 0 Å². The number of aryl methyl sites for hydroxylation is 1. The molecule has 3 aromatic rings. The summed E-state index contributed by atoms with van der Waals surface area (Å²) in [5, 5.41) is 29.7. The van der Waals surface area contributed by atoms with Crippen LogP contribution in [0, 0.1) is 11.3 Å².